The van der Waals surface area contributed by atoms with Crippen LogP contribution in [0, 0.1) is 11.3 Å². The third kappa shape index (κ3) is 4.08. The molecule has 182 valence electrons. The number of nitrogens with zero attached hydrogens (tertiary/aromatic N) is 5. The van der Waals surface area contributed by atoms with Gasteiger partial charge in [-0.25, -0.2) is 4.79 Å². The third-order valence-electron chi connectivity index (χ3n) is 6.30. The second-order valence-corrected chi connectivity index (χ2v) is 8.80. The molecule has 0 atom stereocenters. The van der Waals surface area contributed by atoms with E-state index in [1.165, 1.54) is 0 Å². The van der Waals surface area contributed by atoms with Crippen molar-refractivity contribution < 1.29 is 9.47 Å². The molecule has 0 unspecified atom stereocenters. The highest BCUT2D eigenvalue weighted by Gasteiger charge is 2.19. The van der Waals surface area contributed by atoms with Crippen molar-refractivity contribution in [3.8, 4) is 23.3 Å². The highest BCUT2D eigenvalue weighted by molar-refractivity contribution is 6.31. The second-order valence-electron chi connectivity index (χ2n) is 8.36. The SMILES string of the molecule is COc1ccc(-n2c(=O)n(Cc3cc4cc(Cl)ccc4n3CCCC#N)c3cnccc32)cc1OC. The molecule has 36 heavy (non-hydrogen) atoms. The predicted octanol–water partition coefficient (Wildman–Crippen LogP) is 5.16. The highest BCUT2D eigenvalue weighted by Crippen LogP contribution is 2.30. The van der Waals surface area contributed by atoms with Crippen LogP contribution in [0.5, 0.6) is 11.5 Å². The molecule has 0 bridgehead atoms. The molecule has 3 heterocycles. The Bertz CT molecular complexity index is 1680. The Labute approximate surface area is 212 Å². The lowest BCUT2D eigenvalue weighted by molar-refractivity contribution is 0.355. The maximum absolute atomic E-state index is 13.8. The number of pyridine rings is 1. The van der Waals surface area contributed by atoms with Crippen LogP contribution in [0.3, 0.4) is 0 Å². The van der Waals surface area contributed by atoms with E-state index in [0.717, 1.165) is 22.1 Å². The molecular weight excluding hydrogens is 478 g/mol. The van der Waals surface area contributed by atoms with Crippen molar-refractivity contribution in [2.75, 3.05) is 14.2 Å². The number of hydrogen-bond acceptors (Lipinski definition) is 5. The summed E-state index contributed by atoms with van der Waals surface area (Å²) in [6, 6.07) is 17.2. The van der Waals surface area contributed by atoms with E-state index in [4.69, 9.17) is 26.3 Å². The number of aromatic nitrogens is 4. The van der Waals surface area contributed by atoms with Gasteiger partial charge in [0, 0.05) is 46.8 Å². The molecule has 3 aromatic heterocycles. The fourth-order valence-electron chi connectivity index (χ4n) is 4.64. The van der Waals surface area contributed by atoms with E-state index in [1.807, 2.05) is 30.3 Å². The molecule has 0 aliphatic rings. The quantitative estimate of drug-likeness (QED) is 0.274. The summed E-state index contributed by atoms with van der Waals surface area (Å²) in [5.74, 6) is 1.12. The Hall–Kier alpha value is -4.22. The van der Waals surface area contributed by atoms with Crippen LogP contribution in [0.1, 0.15) is 18.5 Å². The molecule has 8 nitrogen and oxygen atoms in total. The highest BCUT2D eigenvalue weighted by atomic mass is 35.5. The van der Waals surface area contributed by atoms with Crippen molar-refractivity contribution in [3.63, 3.8) is 0 Å². The first-order chi connectivity index (χ1) is 17.5. The van der Waals surface area contributed by atoms with Gasteiger partial charge in [-0.3, -0.25) is 14.1 Å². The Morgan fingerprint density at radius 2 is 1.81 bits per heavy atom. The second kappa shape index (κ2) is 9.80. The molecule has 5 rings (SSSR count). The van der Waals surface area contributed by atoms with E-state index in [9.17, 15) is 4.79 Å². The first-order valence-electron chi connectivity index (χ1n) is 11.5. The molecule has 0 N–H and O–H groups in total. The van der Waals surface area contributed by atoms with Crippen molar-refractivity contribution in [3.05, 3.63) is 82.1 Å². The van der Waals surface area contributed by atoms with Crippen molar-refractivity contribution in [1.29, 1.82) is 5.26 Å². The third-order valence-corrected chi connectivity index (χ3v) is 6.53. The Morgan fingerprint density at radius 3 is 2.58 bits per heavy atom. The number of methoxy groups -OCH3 is 2. The first-order valence-corrected chi connectivity index (χ1v) is 11.9. The summed E-state index contributed by atoms with van der Waals surface area (Å²) in [6.07, 6.45) is 4.53. The molecule has 0 radical (unpaired) electrons. The van der Waals surface area contributed by atoms with Crippen LogP contribution in [0.4, 0.5) is 0 Å². The molecule has 5 aromatic rings. The fraction of sp³-hybridized carbons (Fsp3) is 0.222. The van der Waals surface area contributed by atoms with E-state index in [-0.39, 0.29) is 5.69 Å². The number of imidazole rings is 1. The van der Waals surface area contributed by atoms with Crippen LogP contribution < -0.4 is 15.2 Å². The number of rotatable bonds is 8. The minimum Gasteiger partial charge on any atom is -0.493 e. The van der Waals surface area contributed by atoms with E-state index in [1.54, 1.807) is 47.9 Å². The number of halogens is 1. The van der Waals surface area contributed by atoms with Crippen molar-refractivity contribution in [2.24, 2.45) is 0 Å². The number of hydrogen-bond donors (Lipinski definition) is 0. The normalized spacial score (nSPS) is 11.2. The van der Waals surface area contributed by atoms with E-state index < -0.39 is 0 Å². The van der Waals surface area contributed by atoms with Crippen LogP contribution in [-0.2, 0) is 13.1 Å². The topological polar surface area (TPSA) is 87.0 Å². The van der Waals surface area contributed by atoms with Crippen LogP contribution in [-0.4, -0.2) is 32.9 Å². The van der Waals surface area contributed by atoms with Gasteiger partial charge in [-0.05, 0) is 48.9 Å². The molecule has 0 spiro atoms. The Balaban J connectivity index is 1.66. The number of nitriles is 1. The zero-order valence-corrected chi connectivity index (χ0v) is 20.7. The van der Waals surface area contributed by atoms with Crippen molar-refractivity contribution in [1.82, 2.24) is 18.7 Å². The zero-order chi connectivity index (χ0) is 25.2. The van der Waals surface area contributed by atoms with Crippen molar-refractivity contribution in [2.45, 2.75) is 25.9 Å². The predicted molar refractivity (Wildman–Crippen MR) is 139 cm³/mol. The van der Waals surface area contributed by atoms with Crippen LogP contribution in [0.15, 0.2) is 65.7 Å². The first kappa shape index (κ1) is 23.5. The molecule has 0 aliphatic heterocycles. The van der Waals surface area contributed by atoms with Gasteiger partial charge in [-0.1, -0.05) is 11.6 Å². The van der Waals surface area contributed by atoms with Gasteiger partial charge in [0.1, 0.15) is 0 Å². The molecule has 9 heteroatoms. The largest absolute Gasteiger partial charge is 0.493 e. The van der Waals surface area contributed by atoms with Crippen LogP contribution in [0.2, 0.25) is 5.02 Å². The molecule has 0 saturated heterocycles. The summed E-state index contributed by atoms with van der Waals surface area (Å²) in [4.78, 5) is 18.1. The maximum Gasteiger partial charge on any atom is 0.334 e. The summed E-state index contributed by atoms with van der Waals surface area (Å²) >= 11 is 6.25. The molecule has 0 saturated carbocycles. The minimum absolute atomic E-state index is 0.197. The lowest BCUT2D eigenvalue weighted by Gasteiger charge is -2.11. The van der Waals surface area contributed by atoms with Gasteiger partial charge in [0.25, 0.3) is 0 Å². The van der Waals surface area contributed by atoms with Gasteiger partial charge in [0.2, 0.25) is 0 Å². The molecule has 0 amide bonds. The Morgan fingerprint density at radius 1 is 0.972 bits per heavy atom. The number of ether oxygens (including phenoxy) is 2. The number of benzene rings is 2. The summed E-state index contributed by atoms with van der Waals surface area (Å²) in [7, 11) is 3.14. The van der Waals surface area contributed by atoms with Crippen LogP contribution in [0.25, 0.3) is 27.6 Å². The number of unbranched alkanes of at least 4 members (excludes halogenated alkanes) is 1. The van der Waals surface area contributed by atoms with Gasteiger partial charge < -0.3 is 14.0 Å². The fourth-order valence-corrected chi connectivity index (χ4v) is 4.82. The Kier molecular flexibility index (Phi) is 6.40. The maximum atomic E-state index is 13.8. The molecular formula is C27H24ClN5O3. The summed E-state index contributed by atoms with van der Waals surface area (Å²) in [5, 5.41) is 10.7. The smallest absolute Gasteiger partial charge is 0.334 e. The van der Waals surface area contributed by atoms with Crippen molar-refractivity contribution >= 4 is 33.5 Å². The summed E-state index contributed by atoms with van der Waals surface area (Å²) < 4.78 is 16.3. The standard InChI is InChI=1S/C27H24ClN5O3/c1-35-25-8-6-20(15-26(25)36-2)33-23-9-11-30-16-24(23)32(27(33)34)17-21-14-18-13-19(28)5-7-22(18)31(21)12-4-3-10-29/h5-9,11,13-16H,3-4,12,17H2,1-2H3. The van der Waals surface area contributed by atoms with Crippen LogP contribution >= 0.6 is 11.6 Å². The summed E-state index contributed by atoms with van der Waals surface area (Å²) in [6.45, 7) is 0.996. The average Bonchev–Trinajstić information content (AvgIpc) is 3.37. The number of aryl methyl sites for hydroxylation is 1. The zero-order valence-electron chi connectivity index (χ0n) is 19.9. The monoisotopic (exact) mass is 501 g/mol. The lowest BCUT2D eigenvalue weighted by Crippen LogP contribution is -2.24. The van der Waals surface area contributed by atoms with Gasteiger partial charge in [0.15, 0.2) is 11.5 Å². The van der Waals surface area contributed by atoms with Gasteiger partial charge in [-0.15, -0.1) is 0 Å². The van der Waals surface area contributed by atoms with Gasteiger partial charge in [-0.2, -0.15) is 5.26 Å². The molecule has 2 aromatic carbocycles. The van der Waals surface area contributed by atoms with Gasteiger partial charge >= 0.3 is 5.69 Å². The summed E-state index contributed by atoms with van der Waals surface area (Å²) in [5.41, 5.74) is 3.87. The molecule has 0 fully saturated rings. The molecule has 0 aliphatic carbocycles. The number of fused-ring (bicyclic) bond motifs is 2. The van der Waals surface area contributed by atoms with E-state index in [0.29, 0.717) is 53.7 Å². The van der Waals surface area contributed by atoms with E-state index >= 15 is 0 Å². The van der Waals surface area contributed by atoms with Gasteiger partial charge in [0.05, 0.1) is 49.8 Å². The minimum atomic E-state index is -0.197. The van der Waals surface area contributed by atoms with E-state index in [2.05, 4.69) is 21.7 Å². The lowest BCUT2D eigenvalue weighted by atomic mass is 10.2. The average molecular weight is 502 g/mol.